The number of hydrogen-bond donors (Lipinski definition) is 0. The molecule has 0 atom stereocenters. The third-order valence-electron chi connectivity index (χ3n) is 4.21. The molecule has 0 fully saturated rings. The number of nitrogens with zero attached hydrogens (tertiary/aromatic N) is 3. The molecule has 1 heterocycles. The lowest BCUT2D eigenvalue weighted by Gasteiger charge is -2.13. The molecule has 0 aliphatic rings. The van der Waals surface area contributed by atoms with Crippen molar-refractivity contribution in [3.05, 3.63) is 60.1 Å². The molecule has 8 heteroatoms. The first-order valence-electron chi connectivity index (χ1n) is 9.12. The predicted molar refractivity (Wildman–Crippen MR) is 128 cm³/mol. The number of hydrogen-bond acceptors (Lipinski definition) is 5. The first-order chi connectivity index (χ1) is 13.8. The average Bonchev–Trinajstić information content (AvgIpc) is 2.69. The van der Waals surface area contributed by atoms with Gasteiger partial charge in [-0.05, 0) is 65.4 Å². The highest BCUT2D eigenvalue weighted by molar-refractivity contribution is 14.1. The number of aromatic nitrogens is 2. The van der Waals surface area contributed by atoms with Gasteiger partial charge in [-0.3, -0.25) is 4.79 Å². The summed E-state index contributed by atoms with van der Waals surface area (Å²) < 4.78 is 14.2. The van der Waals surface area contributed by atoms with Gasteiger partial charge in [0.1, 0.15) is 5.82 Å². The van der Waals surface area contributed by atoms with E-state index in [2.05, 4.69) is 48.6 Å². The maximum absolute atomic E-state index is 13.1. The van der Waals surface area contributed by atoms with Crippen LogP contribution in [0.5, 0.6) is 11.5 Å². The second-order valence-corrected chi connectivity index (χ2v) is 8.69. The monoisotopic (exact) mass is 569 g/mol. The van der Waals surface area contributed by atoms with Crippen LogP contribution in [-0.2, 0) is 0 Å². The lowest BCUT2D eigenvalue weighted by molar-refractivity contribution is 0.308. The fourth-order valence-corrected chi connectivity index (χ4v) is 4.02. The van der Waals surface area contributed by atoms with Gasteiger partial charge >= 0.3 is 0 Å². The van der Waals surface area contributed by atoms with Crippen molar-refractivity contribution >= 4 is 55.6 Å². The van der Waals surface area contributed by atoms with E-state index in [9.17, 15) is 4.79 Å². The summed E-state index contributed by atoms with van der Waals surface area (Å²) in [5, 5.41) is 4.98. The highest BCUT2D eigenvalue weighted by atomic mass is 127. The van der Waals surface area contributed by atoms with Crippen molar-refractivity contribution in [2.24, 2.45) is 5.10 Å². The summed E-state index contributed by atoms with van der Waals surface area (Å²) in [6.45, 7) is 6.45. The van der Waals surface area contributed by atoms with Crippen LogP contribution in [0.3, 0.4) is 0 Å². The zero-order valence-corrected chi connectivity index (χ0v) is 20.3. The highest BCUT2D eigenvalue weighted by Crippen LogP contribution is 2.33. The fourth-order valence-electron chi connectivity index (χ4n) is 2.87. The molecule has 1 aromatic heterocycles. The van der Waals surface area contributed by atoms with E-state index in [-0.39, 0.29) is 11.5 Å². The first kappa shape index (κ1) is 21.8. The second kappa shape index (κ2) is 9.25. The van der Waals surface area contributed by atoms with Crippen molar-refractivity contribution in [3.8, 4) is 11.5 Å². The molecular weight excluding hydrogens is 549 g/mol. The number of ether oxygens (including phenoxy) is 2. The molecule has 3 aromatic rings. The summed E-state index contributed by atoms with van der Waals surface area (Å²) in [4.78, 5) is 17.8. The summed E-state index contributed by atoms with van der Waals surface area (Å²) in [5.41, 5.74) is 1.25. The van der Waals surface area contributed by atoms with Crippen LogP contribution < -0.4 is 15.0 Å². The smallest absolute Gasteiger partial charge is 0.282 e. The van der Waals surface area contributed by atoms with E-state index in [4.69, 9.17) is 9.47 Å². The maximum atomic E-state index is 13.1. The summed E-state index contributed by atoms with van der Waals surface area (Å²) in [6.07, 6.45) is 1.64. The van der Waals surface area contributed by atoms with Crippen LogP contribution in [0.2, 0.25) is 0 Å². The zero-order chi connectivity index (χ0) is 21.1. The molecule has 0 spiro atoms. The maximum Gasteiger partial charge on any atom is 0.282 e. The fraction of sp³-hybridized carbons (Fsp3) is 0.286. The predicted octanol–water partition coefficient (Wildman–Crippen LogP) is 5.18. The van der Waals surface area contributed by atoms with Gasteiger partial charge < -0.3 is 9.47 Å². The minimum Gasteiger partial charge on any atom is -0.493 e. The number of fused-ring (bicyclic) bond motifs is 1. The summed E-state index contributed by atoms with van der Waals surface area (Å²) in [7, 11) is 1.60. The Hall–Kier alpha value is -1.94. The number of halogens is 2. The molecule has 0 aliphatic heterocycles. The molecule has 152 valence electrons. The third kappa shape index (κ3) is 4.63. The molecule has 0 aliphatic carbocycles. The lowest BCUT2D eigenvalue weighted by Crippen LogP contribution is -2.23. The third-order valence-corrected chi connectivity index (χ3v) is 5.51. The average molecular weight is 570 g/mol. The molecule has 0 radical (unpaired) electrons. The topological polar surface area (TPSA) is 65.7 Å². The number of rotatable bonds is 6. The van der Waals surface area contributed by atoms with Gasteiger partial charge in [0.05, 0.1) is 34.4 Å². The van der Waals surface area contributed by atoms with Crippen LogP contribution in [0.15, 0.2) is 44.7 Å². The van der Waals surface area contributed by atoms with Crippen molar-refractivity contribution in [1.29, 1.82) is 0 Å². The van der Waals surface area contributed by atoms with Crippen molar-refractivity contribution < 1.29 is 9.47 Å². The molecule has 0 bridgehead atoms. The van der Waals surface area contributed by atoms with Gasteiger partial charge in [-0.1, -0.05) is 29.8 Å². The molecule has 2 aromatic carbocycles. The van der Waals surface area contributed by atoms with Crippen LogP contribution in [0.25, 0.3) is 10.9 Å². The Morgan fingerprint density at radius 2 is 2.07 bits per heavy atom. The second-order valence-electron chi connectivity index (χ2n) is 6.61. The minimum atomic E-state index is -0.205. The van der Waals surface area contributed by atoms with Crippen molar-refractivity contribution in [1.82, 2.24) is 9.66 Å². The summed E-state index contributed by atoms with van der Waals surface area (Å²) in [6, 6.07) is 9.25. The van der Waals surface area contributed by atoms with Crippen LogP contribution >= 0.6 is 38.5 Å². The van der Waals surface area contributed by atoms with E-state index in [1.165, 1.54) is 4.68 Å². The summed E-state index contributed by atoms with van der Waals surface area (Å²) in [5.74, 6) is 1.96. The van der Waals surface area contributed by atoms with Crippen molar-refractivity contribution in [3.63, 3.8) is 0 Å². The Labute approximate surface area is 191 Å². The lowest BCUT2D eigenvalue weighted by atomic mass is 10.2. The standard InChI is InChI=1S/C21H21BrIN3O3/c1-5-29-19-16(23)8-13(9-18(19)28-4)11-24-26-20(12(2)3)25-17-7-6-14(22)10-15(17)21(26)27/h6-12H,5H2,1-4H3. The molecule has 29 heavy (non-hydrogen) atoms. The van der Waals surface area contributed by atoms with Gasteiger partial charge in [-0.15, -0.1) is 0 Å². The SMILES string of the molecule is CCOc1c(I)cc(C=Nn2c(C(C)C)nc3ccc(Br)cc3c2=O)cc1OC. The van der Waals surface area contributed by atoms with Gasteiger partial charge in [-0.25, -0.2) is 4.98 Å². The van der Waals surface area contributed by atoms with Gasteiger partial charge in [0.15, 0.2) is 11.5 Å². The van der Waals surface area contributed by atoms with Crippen LogP contribution in [-0.4, -0.2) is 29.6 Å². The van der Waals surface area contributed by atoms with Gasteiger partial charge in [0.2, 0.25) is 0 Å². The highest BCUT2D eigenvalue weighted by Gasteiger charge is 2.14. The van der Waals surface area contributed by atoms with Gasteiger partial charge in [0, 0.05) is 10.4 Å². The van der Waals surface area contributed by atoms with E-state index in [0.29, 0.717) is 34.8 Å². The number of benzene rings is 2. The van der Waals surface area contributed by atoms with E-state index in [1.807, 2.05) is 45.0 Å². The number of methoxy groups -OCH3 is 1. The van der Waals surface area contributed by atoms with Gasteiger partial charge in [0.25, 0.3) is 5.56 Å². The Bertz CT molecular complexity index is 1140. The summed E-state index contributed by atoms with van der Waals surface area (Å²) >= 11 is 5.62. The van der Waals surface area contributed by atoms with Crippen LogP contribution in [0, 0.1) is 3.57 Å². The minimum absolute atomic E-state index is 0.0305. The van der Waals surface area contributed by atoms with E-state index in [1.54, 1.807) is 19.4 Å². The molecule has 0 amide bonds. The van der Waals surface area contributed by atoms with Crippen LogP contribution in [0.4, 0.5) is 0 Å². The normalized spacial score (nSPS) is 11.6. The molecule has 0 saturated carbocycles. The molecule has 3 rings (SSSR count). The molecular formula is C21H21BrIN3O3. The van der Waals surface area contributed by atoms with Crippen molar-refractivity contribution in [2.45, 2.75) is 26.7 Å². The van der Waals surface area contributed by atoms with Crippen molar-refractivity contribution in [2.75, 3.05) is 13.7 Å². The molecule has 0 saturated heterocycles. The quantitative estimate of drug-likeness (QED) is 0.303. The Morgan fingerprint density at radius 1 is 1.31 bits per heavy atom. The molecule has 0 unspecified atom stereocenters. The Morgan fingerprint density at radius 3 is 2.72 bits per heavy atom. The Balaban J connectivity index is 2.13. The molecule has 0 N–H and O–H groups in total. The van der Waals surface area contributed by atoms with Gasteiger partial charge in [-0.2, -0.15) is 9.78 Å². The van der Waals surface area contributed by atoms with E-state index >= 15 is 0 Å². The zero-order valence-electron chi connectivity index (χ0n) is 16.6. The van der Waals surface area contributed by atoms with Crippen LogP contribution in [0.1, 0.15) is 38.1 Å². The Kier molecular flexibility index (Phi) is 6.94. The van der Waals surface area contributed by atoms with E-state index < -0.39 is 0 Å². The van der Waals surface area contributed by atoms with E-state index in [0.717, 1.165) is 13.6 Å². The molecule has 6 nitrogen and oxygen atoms in total. The first-order valence-corrected chi connectivity index (χ1v) is 11.0. The largest absolute Gasteiger partial charge is 0.493 e.